The minimum Gasteiger partial charge on any atom is -0.398 e. The zero-order valence-corrected chi connectivity index (χ0v) is 9.66. The maximum absolute atomic E-state index is 6.01. The van der Waals surface area contributed by atoms with Crippen molar-refractivity contribution in [3.05, 3.63) is 29.3 Å². The quantitative estimate of drug-likeness (QED) is 0.749. The largest absolute Gasteiger partial charge is 0.398 e. The maximum atomic E-state index is 6.01. The number of anilines is 1. The lowest BCUT2D eigenvalue weighted by Crippen LogP contribution is -2.33. The number of fused-ring (bicyclic) bond motifs is 1. The van der Waals surface area contributed by atoms with E-state index in [1.807, 2.05) is 6.07 Å². The van der Waals surface area contributed by atoms with Crippen LogP contribution in [0.15, 0.2) is 18.2 Å². The van der Waals surface area contributed by atoms with Crippen molar-refractivity contribution in [2.75, 3.05) is 18.8 Å². The van der Waals surface area contributed by atoms with Crippen molar-refractivity contribution in [1.29, 1.82) is 0 Å². The molecule has 0 unspecified atom stereocenters. The summed E-state index contributed by atoms with van der Waals surface area (Å²) in [5.74, 6) is 0.733. The Labute approximate surface area is 92.1 Å². The number of hydrogen-bond donors (Lipinski definition) is 1. The van der Waals surface area contributed by atoms with Gasteiger partial charge in [0, 0.05) is 25.3 Å². The van der Waals surface area contributed by atoms with Gasteiger partial charge in [0.05, 0.1) is 0 Å². The number of hydrogen-bond acceptors (Lipinski definition) is 2. The summed E-state index contributed by atoms with van der Waals surface area (Å²) in [6.07, 6.45) is 1.15. The van der Waals surface area contributed by atoms with E-state index in [0.29, 0.717) is 0 Å². The van der Waals surface area contributed by atoms with Gasteiger partial charge in [0.15, 0.2) is 0 Å². The molecule has 0 atom stereocenters. The van der Waals surface area contributed by atoms with Crippen molar-refractivity contribution in [3.63, 3.8) is 0 Å². The fourth-order valence-electron chi connectivity index (χ4n) is 2.34. The summed E-state index contributed by atoms with van der Waals surface area (Å²) in [5.41, 5.74) is 9.76. The molecule has 0 fully saturated rings. The maximum Gasteiger partial charge on any atom is 0.0362 e. The SMILES string of the molecule is CC(C)CN1CCc2cccc(N)c2C1. The Kier molecular flexibility index (Phi) is 2.96. The number of rotatable bonds is 2. The molecule has 0 spiro atoms. The fraction of sp³-hybridized carbons (Fsp3) is 0.538. The Morgan fingerprint density at radius 1 is 1.40 bits per heavy atom. The fourth-order valence-corrected chi connectivity index (χ4v) is 2.34. The van der Waals surface area contributed by atoms with Gasteiger partial charge in [0.25, 0.3) is 0 Å². The van der Waals surface area contributed by atoms with Gasteiger partial charge in [0.1, 0.15) is 0 Å². The first-order valence-corrected chi connectivity index (χ1v) is 5.75. The molecule has 15 heavy (non-hydrogen) atoms. The van der Waals surface area contributed by atoms with Crippen LogP contribution in [0.2, 0.25) is 0 Å². The van der Waals surface area contributed by atoms with Gasteiger partial charge in [-0.1, -0.05) is 26.0 Å². The van der Waals surface area contributed by atoms with Gasteiger partial charge in [-0.15, -0.1) is 0 Å². The molecular weight excluding hydrogens is 184 g/mol. The zero-order valence-electron chi connectivity index (χ0n) is 9.66. The minimum atomic E-state index is 0.733. The minimum absolute atomic E-state index is 0.733. The lowest BCUT2D eigenvalue weighted by Gasteiger charge is -2.30. The van der Waals surface area contributed by atoms with Crippen LogP contribution in [0.4, 0.5) is 5.69 Å². The number of nitrogens with zero attached hydrogens (tertiary/aromatic N) is 1. The van der Waals surface area contributed by atoms with E-state index in [0.717, 1.165) is 24.6 Å². The smallest absolute Gasteiger partial charge is 0.0362 e. The van der Waals surface area contributed by atoms with Gasteiger partial charge in [-0.05, 0) is 29.5 Å². The van der Waals surface area contributed by atoms with Crippen molar-refractivity contribution in [3.8, 4) is 0 Å². The van der Waals surface area contributed by atoms with Crippen molar-refractivity contribution in [2.45, 2.75) is 26.8 Å². The molecule has 2 nitrogen and oxygen atoms in total. The van der Waals surface area contributed by atoms with E-state index in [1.165, 1.54) is 24.2 Å². The highest BCUT2D eigenvalue weighted by molar-refractivity contribution is 5.51. The van der Waals surface area contributed by atoms with Gasteiger partial charge in [-0.2, -0.15) is 0 Å². The van der Waals surface area contributed by atoms with E-state index in [4.69, 9.17) is 5.73 Å². The molecule has 1 aliphatic rings. The normalized spacial score (nSPS) is 16.7. The Hall–Kier alpha value is -1.02. The van der Waals surface area contributed by atoms with Crippen molar-refractivity contribution in [2.24, 2.45) is 5.92 Å². The van der Waals surface area contributed by atoms with Crippen molar-refractivity contribution < 1.29 is 0 Å². The summed E-state index contributed by atoms with van der Waals surface area (Å²) in [6.45, 7) is 7.91. The summed E-state index contributed by atoms with van der Waals surface area (Å²) >= 11 is 0. The highest BCUT2D eigenvalue weighted by Crippen LogP contribution is 2.24. The Balaban J connectivity index is 2.15. The molecule has 1 heterocycles. The van der Waals surface area contributed by atoms with E-state index in [-0.39, 0.29) is 0 Å². The topological polar surface area (TPSA) is 29.3 Å². The first-order valence-electron chi connectivity index (χ1n) is 5.75. The number of benzene rings is 1. The molecular formula is C13H20N2. The van der Waals surface area contributed by atoms with Gasteiger partial charge >= 0.3 is 0 Å². The van der Waals surface area contributed by atoms with E-state index in [9.17, 15) is 0 Å². The molecule has 0 aliphatic carbocycles. The molecule has 2 N–H and O–H groups in total. The van der Waals surface area contributed by atoms with Gasteiger partial charge < -0.3 is 5.73 Å². The molecule has 1 aromatic rings. The summed E-state index contributed by atoms with van der Waals surface area (Å²) in [7, 11) is 0. The summed E-state index contributed by atoms with van der Waals surface area (Å²) in [6, 6.07) is 6.28. The number of nitrogens with two attached hydrogens (primary N) is 1. The van der Waals surface area contributed by atoms with Gasteiger partial charge in [-0.3, -0.25) is 4.90 Å². The third-order valence-corrected chi connectivity index (χ3v) is 3.01. The second kappa shape index (κ2) is 4.23. The molecule has 82 valence electrons. The Morgan fingerprint density at radius 3 is 2.93 bits per heavy atom. The summed E-state index contributed by atoms with van der Waals surface area (Å²) < 4.78 is 0. The van der Waals surface area contributed by atoms with E-state index in [2.05, 4.69) is 30.9 Å². The van der Waals surface area contributed by atoms with Crippen LogP contribution in [0.1, 0.15) is 25.0 Å². The zero-order chi connectivity index (χ0) is 10.8. The molecule has 0 saturated heterocycles. The van der Waals surface area contributed by atoms with Crippen molar-refractivity contribution >= 4 is 5.69 Å². The standard InChI is InChI=1S/C13H20N2/c1-10(2)8-15-7-6-11-4-3-5-13(14)12(11)9-15/h3-5,10H,6-9,14H2,1-2H3. The van der Waals surface area contributed by atoms with Crippen molar-refractivity contribution in [1.82, 2.24) is 4.90 Å². The molecule has 2 heteroatoms. The highest BCUT2D eigenvalue weighted by Gasteiger charge is 2.18. The monoisotopic (exact) mass is 204 g/mol. The van der Waals surface area contributed by atoms with Crippen LogP contribution in [0.5, 0.6) is 0 Å². The first-order chi connectivity index (χ1) is 7.16. The van der Waals surface area contributed by atoms with Crippen LogP contribution in [-0.2, 0) is 13.0 Å². The highest BCUT2D eigenvalue weighted by atomic mass is 15.1. The second-order valence-corrected chi connectivity index (χ2v) is 4.86. The van der Waals surface area contributed by atoms with E-state index >= 15 is 0 Å². The molecule has 0 bridgehead atoms. The molecule has 0 saturated carbocycles. The lowest BCUT2D eigenvalue weighted by atomic mass is 9.97. The van der Waals surface area contributed by atoms with Crippen LogP contribution in [0, 0.1) is 5.92 Å². The lowest BCUT2D eigenvalue weighted by molar-refractivity contribution is 0.227. The third kappa shape index (κ3) is 2.32. The number of nitrogen functional groups attached to an aromatic ring is 1. The predicted octanol–water partition coefficient (Wildman–Crippen LogP) is 2.28. The van der Waals surface area contributed by atoms with Crippen LogP contribution in [0.3, 0.4) is 0 Å². The van der Waals surface area contributed by atoms with Crippen LogP contribution < -0.4 is 5.73 Å². The molecule has 0 amide bonds. The van der Waals surface area contributed by atoms with E-state index in [1.54, 1.807) is 0 Å². The Bertz CT molecular complexity index is 344. The Morgan fingerprint density at radius 2 is 2.20 bits per heavy atom. The van der Waals surface area contributed by atoms with Crippen LogP contribution >= 0.6 is 0 Å². The summed E-state index contributed by atoms with van der Waals surface area (Å²) in [4.78, 5) is 2.50. The van der Waals surface area contributed by atoms with Crippen LogP contribution in [-0.4, -0.2) is 18.0 Å². The molecule has 0 radical (unpaired) electrons. The van der Waals surface area contributed by atoms with E-state index < -0.39 is 0 Å². The molecule has 1 aromatic carbocycles. The average molecular weight is 204 g/mol. The third-order valence-electron chi connectivity index (χ3n) is 3.01. The average Bonchev–Trinajstić information content (AvgIpc) is 2.18. The molecule has 1 aliphatic heterocycles. The first kappa shape index (κ1) is 10.5. The van der Waals surface area contributed by atoms with Gasteiger partial charge in [0.2, 0.25) is 0 Å². The predicted molar refractivity (Wildman–Crippen MR) is 64.7 cm³/mol. The molecule has 0 aromatic heterocycles. The summed E-state index contributed by atoms with van der Waals surface area (Å²) in [5, 5.41) is 0. The van der Waals surface area contributed by atoms with Crippen LogP contribution in [0.25, 0.3) is 0 Å². The second-order valence-electron chi connectivity index (χ2n) is 4.86. The van der Waals surface area contributed by atoms with Gasteiger partial charge in [-0.25, -0.2) is 0 Å². The molecule has 2 rings (SSSR count).